The maximum Gasteiger partial charge on any atom is 0.261 e. The van der Waals surface area contributed by atoms with Gasteiger partial charge in [-0.15, -0.1) is 0 Å². The Morgan fingerprint density at radius 1 is 1.03 bits per heavy atom. The van der Waals surface area contributed by atoms with E-state index in [0.29, 0.717) is 30.3 Å². The van der Waals surface area contributed by atoms with Gasteiger partial charge in [0.25, 0.3) is 5.91 Å². The largest absolute Gasteiger partial charge is 0.484 e. The SMILES string of the molecule is CCNC(=O)C(CC)N(Cc1ccc(Cl)cc1)C(=O)COc1ccc(C(C)(C)C)cc1. The van der Waals surface area contributed by atoms with Gasteiger partial charge in [-0.1, -0.05) is 63.6 Å². The summed E-state index contributed by atoms with van der Waals surface area (Å²) in [6, 6.07) is 14.5. The lowest BCUT2D eigenvalue weighted by molar-refractivity contribution is -0.142. The molecule has 6 heteroatoms. The predicted molar refractivity (Wildman–Crippen MR) is 125 cm³/mol. The molecule has 0 radical (unpaired) electrons. The van der Waals surface area contributed by atoms with E-state index in [1.807, 2.05) is 50.2 Å². The van der Waals surface area contributed by atoms with Crippen molar-refractivity contribution in [1.82, 2.24) is 10.2 Å². The molecule has 168 valence electrons. The van der Waals surface area contributed by atoms with E-state index < -0.39 is 6.04 Å². The Morgan fingerprint density at radius 2 is 1.65 bits per heavy atom. The monoisotopic (exact) mass is 444 g/mol. The average molecular weight is 445 g/mol. The van der Waals surface area contributed by atoms with Crippen LogP contribution in [0.1, 0.15) is 52.2 Å². The quantitative estimate of drug-likeness (QED) is 0.594. The van der Waals surface area contributed by atoms with Gasteiger partial charge >= 0.3 is 0 Å². The third-order valence-corrected chi connectivity index (χ3v) is 5.34. The van der Waals surface area contributed by atoms with Gasteiger partial charge < -0.3 is 15.0 Å². The predicted octanol–water partition coefficient (Wildman–Crippen LogP) is 4.96. The van der Waals surface area contributed by atoms with Crippen molar-refractivity contribution in [3.8, 4) is 5.75 Å². The Balaban J connectivity index is 2.16. The molecule has 2 aromatic rings. The summed E-state index contributed by atoms with van der Waals surface area (Å²) in [7, 11) is 0. The fourth-order valence-corrected chi connectivity index (χ4v) is 3.40. The zero-order chi connectivity index (χ0) is 23.0. The summed E-state index contributed by atoms with van der Waals surface area (Å²) in [5.74, 6) is 0.216. The number of nitrogens with one attached hydrogen (secondary N) is 1. The summed E-state index contributed by atoms with van der Waals surface area (Å²) in [6.45, 7) is 10.9. The van der Waals surface area contributed by atoms with Crippen LogP contribution >= 0.6 is 11.6 Å². The highest BCUT2D eigenvalue weighted by Crippen LogP contribution is 2.24. The second-order valence-corrected chi connectivity index (χ2v) is 8.97. The number of hydrogen-bond donors (Lipinski definition) is 1. The van der Waals surface area contributed by atoms with Gasteiger partial charge in [-0.2, -0.15) is 0 Å². The number of benzene rings is 2. The molecule has 0 aliphatic rings. The second kappa shape index (κ2) is 11.2. The summed E-state index contributed by atoms with van der Waals surface area (Å²) in [5.41, 5.74) is 2.14. The van der Waals surface area contributed by atoms with E-state index in [9.17, 15) is 9.59 Å². The van der Waals surface area contributed by atoms with Crippen LogP contribution < -0.4 is 10.1 Å². The van der Waals surface area contributed by atoms with Crippen LogP contribution in [0.15, 0.2) is 48.5 Å². The smallest absolute Gasteiger partial charge is 0.261 e. The first kappa shape index (κ1) is 24.7. The van der Waals surface area contributed by atoms with E-state index in [4.69, 9.17) is 16.3 Å². The van der Waals surface area contributed by atoms with Gasteiger partial charge in [0.15, 0.2) is 6.61 Å². The molecular formula is C25H33ClN2O3. The van der Waals surface area contributed by atoms with E-state index in [-0.39, 0.29) is 23.8 Å². The Hall–Kier alpha value is -2.53. The van der Waals surface area contributed by atoms with E-state index in [1.165, 1.54) is 5.56 Å². The van der Waals surface area contributed by atoms with Crippen LogP contribution in [0.4, 0.5) is 0 Å². The zero-order valence-electron chi connectivity index (χ0n) is 19.1. The molecule has 2 aromatic carbocycles. The highest BCUT2D eigenvalue weighted by atomic mass is 35.5. The van der Waals surface area contributed by atoms with Crippen LogP contribution in [0.25, 0.3) is 0 Å². The third-order valence-electron chi connectivity index (χ3n) is 5.09. The number of rotatable bonds is 9. The maximum atomic E-state index is 13.1. The highest BCUT2D eigenvalue weighted by molar-refractivity contribution is 6.30. The lowest BCUT2D eigenvalue weighted by Gasteiger charge is -2.30. The summed E-state index contributed by atoms with van der Waals surface area (Å²) in [5, 5.41) is 3.45. The molecule has 0 aliphatic carbocycles. The van der Waals surface area contributed by atoms with Crippen molar-refractivity contribution in [2.24, 2.45) is 0 Å². The lowest BCUT2D eigenvalue weighted by atomic mass is 9.87. The van der Waals surface area contributed by atoms with Crippen LogP contribution in [0.2, 0.25) is 5.02 Å². The molecule has 0 saturated heterocycles. The molecule has 2 rings (SSSR count). The van der Waals surface area contributed by atoms with Gasteiger partial charge in [0.05, 0.1) is 0 Å². The molecule has 5 nitrogen and oxygen atoms in total. The Morgan fingerprint density at radius 3 is 2.16 bits per heavy atom. The number of amides is 2. The maximum absolute atomic E-state index is 13.1. The van der Waals surface area contributed by atoms with E-state index in [2.05, 4.69) is 26.1 Å². The van der Waals surface area contributed by atoms with E-state index >= 15 is 0 Å². The number of hydrogen-bond acceptors (Lipinski definition) is 3. The highest BCUT2D eigenvalue weighted by Gasteiger charge is 2.28. The minimum Gasteiger partial charge on any atom is -0.484 e. The van der Waals surface area contributed by atoms with E-state index in [1.54, 1.807) is 17.0 Å². The fraction of sp³-hybridized carbons (Fsp3) is 0.440. The first-order valence-corrected chi connectivity index (χ1v) is 11.1. The summed E-state index contributed by atoms with van der Waals surface area (Å²) < 4.78 is 5.76. The van der Waals surface area contributed by atoms with Crippen molar-refractivity contribution >= 4 is 23.4 Å². The van der Waals surface area contributed by atoms with Crippen molar-refractivity contribution in [2.45, 2.75) is 59.0 Å². The standard InChI is InChI=1S/C25H33ClN2O3/c1-6-22(24(30)27-7-2)28(16-18-8-12-20(26)13-9-18)23(29)17-31-21-14-10-19(11-15-21)25(3,4)5/h8-15,22H,6-7,16-17H2,1-5H3,(H,27,30). The van der Waals surface area contributed by atoms with Gasteiger partial charge in [-0.3, -0.25) is 9.59 Å². The van der Waals surface area contributed by atoms with Crippen molar-refractivity contribution in [2.75, 3.05) is 13.2 Å². The minimum absolute atomic E-state index is 0.0463. The summed E-state index contributed by atoms with van der Waals surface area (Å²) in [6.07, 6.45) is 0.505. The molecule has 0 aromatic heterocycles. The molecule has 1 N–H and O–H groups in total. The molecule has 0 spiro atoms. The van der Waals surface area contributed by atoms with Crippen molar-refractivity contribution in [1.29, 1.82) is 0 Å². The van der Waals surface area contributed by atoms with Crippen LogP contribution in [0.5, 0.6) is 5.75 Å². The fourth-order valence-electron chi connectivity index (χ4n) is 3.28. The molecule has 0 saturated carbocycles. The van der Waals surface area contributed by atoms with Gasteiger partial charge in [-0.05, 0) is 54.2 Å². The Bertz CT molecular complexity index is 858. The number of likely N-dealkylation sites (N-methyl/N-ethyl adjacent to an activating group) is 1. The normalized spacial score (nSPS) is 12.2. The molecule has 0 fully saturated rings. The molecule has 0 heterocycles. The number of carbonyl (C=O) groups is 2. The van der Waals surface area contributed by atoms with Gasteiger partial charge in [0.2, 0.25) is 5.91 Å². The van der Waals surface area contributed by atoms with E-state index in [0.717, 1.165) is 5.56 Å². The number of halogens is 1. The van der Waals surface area contributed by atoms with Crippen LogP contribution in [0, 0.1) is 0 Å². The summed E-state index contributed by atoms with van der Waals surface area (Å²) in [4.78, 5) is 27.3. The number of ether oxygens (including phenoxy) is 1. The van der Waals surface area contributed by atoms with Crippen LogP contribution in [-0.2, 0) is 21.5 Å². The number of nitrogens with zero attached hydrogens (tertiary/aromatic N) is 1. The summed E-state index contributed by atoms with van der Waals surface area (Å²) >= 11 is 5.98. The van der Waals surface area contributed by atoms with Gasteiger partial charge in [0, 0.05) is 18.1 Å². The van der Waals surface area contributed by atoms with Crippen molar-refractivity contribution < 1.29 is 14.3 Å². The molecule has 2 amide bonds. The first-order valence-electron chi connectivity index (χ1n) is 10.7. The molecule has 1 atom stereocenters. The van der Waals surface area contributed by atoms with Crippen molar-refractivity contribution in [3.63, 3.8) is 0 Å². The Labute approximate surface area is 190 Å². The van der Waals surface area contributed by atoms with Crippen LogP contribution in [0.3, 0.4) is 0 Å². The van der Waals surface area contributed by atoms with Gasteiger partial charge in [0.1, 0.15) is 11.8 Å². The topological polar surface area (TPSA) is 58.6 Å². The Kier molecular flexibility index (Phi) is 8.93. The molecule has 1 unspecified atom stereocenters. The van der Waals surface area contributed by atoms with Crippen molar-refractivity contribution in [3.05, 3.63) is 64.7 Å². The third kappa shape index (κ3) is 7.28. The molecule has 0 bridgehead atoms. The first-order chi connectivity index (χ1) is 14.7. The van der Waals surface area contributed by atoms with Gasteiger partial charge in [-0.25, -0.2) is 0 Å². The lowest BCUT2D eigenvalue weighted by Crippen LogP contribution is -2.50. The number of carbonyl (C=O) groups excluding carboxylic acids is 2. The second-order valence-electron chi connectivity index (χ2n) is 8.53. The average Bonchev–Trinajstić information content (AvgIpc) is 2.73. The molecule has 0 aliphatic heterocycles. The van der Waals surface area contributed by atoms with Crippen LogP contribution in [-0.4, -0.2) is 35.9 Å². The zero-order valence-corrected chi connectivity index (χ0v) is 19.8. The molecule has 31 heavy (non-hydrogen) atoms. The minimum atomic E-state index is -0.574. The molecular weight excluding hydrogens is 412 g/mol.